The maximum absolute atomic E-state index is 10.1. The highest BCUT2D eigenvalue weighted by molar-refractivity contribution is 5.66. The van der Waals surface area contributed by atoms with E-state index < -0.39 is 5.97 Å². The average molecular weight is 188 g/mol. The highest BCUT2D eigenvalue weighted by atomic mass is 16.4. The molecule has 4 heteroatoms. The van der Waals surface area contributed by atoms with Gasteiger partial charge in [0.15, 0.2) is 0 Å². The van der Waals surface area contributed by atoms with Gasteiger partial charge >= 0.3 is 5.97 Å². The molecule has 0 aliphatic carbocycles. The van der Waals surface area contributed by atoms with Gasteiger partial charge in [0, 0.05) is 6.42 Å². The molecule has 0 aromatic heterocycles. The summed E-state index contributed by atoms with van der Waals surface area (Å²) in [6.07, 6.45) is 3.98. The Morgan fingerprint density at radius 1 is 1.00 bits per heavy atom. The quantitative estimate of drug-likeness (QED) is 0.501. The number of carbonyl (C=O) groups is 1. The number of carboxylic acid groups (broad SMARTS) is 1. The third-order valence-electron chi connectivity index (χ3n) is 1.78. The van der Waals surface area contributed by atoms with Gasteiger partial charge in [0.2, 0.25) is 0 Å². The van der Waals surface area contributed by atoms with E-state index in [9.17, 15) is 9.90 Å². The summed E-state index contributed by atoms with van der Waals surface area (Å²) in [5, 5.41) is 17.6. The van der Waals surface area contributed by atoms with Crippen molar-refractivity contribution in [1.29, 1.82) is 0 Å². The normalized spacial score (nSPS) is 10.7. The second-order valence-corrected chi connectivity index (χ2v) is 3.06. The fourth-order valence-electron chi connectivity index (χ4n) is 1.04. The molecule has 13 heavy (non-hydrogen) atoms. The summed E-state index contributed by atoms with van der Waals surface area (Å²) in [6.45, 7) is 0.641. The van der Waals surface area contributed by atoms with Gasteiger partial charge in [0.25, 0.3) is 0 Å². The largest absolute Gasteiger partial charge is 0.481 e. The molecule has 4 N–H and O–H groups in total. The fourth-order valence-corrected chi connectivity index (χ4v) is 1.04. The van der Waals surface area contributed by atoms with Gasteiger partial charge in [-0.15, -0.1) is 0 Å². The molecule has 0 heterocycles. The zero-order valence-corrected chi connectivity index (χ0v) is 7.83. The highest BCUT2D eigenvalue weighted by Crippen LogP contribution is 2.14. The minimum absolute atomic E-state index is 0.126. The lowest BCUT2D eigenvalue weighted by atomic mass is 10.1. The van der Waals surface area contributed by atoms with Crippen molar-refractivity contribution in [1.82, 2.24) is 0 Å². The van der Waals surface area contributed by atoms with Crippen LogP contribution in [0.25, 0.3) is 0 Å². The van der Waals surface area contributed by atoms with E-state index in [0.29, 0.717) is 31.9 Å². The third kappa shape index (κ3) is 9.30. The van der Waals surface area contributed by atoms with Crippen LogP contribution < -0.4 is 5.73 Å². The van der Waals surface area contributed by atoms with Crippen LogP contribution in [0.1, 0.15) is 38.5 Å². The first-order valence-corrected chi connectivity index (χ1v) is 4.62. The minimum atomic E-state index is -0.810. The highest BCUT2D eigenvalue weighted by Gasteiger charge is 2.06. The molecular weight excluding hydrogens is 170 g/mol. The molecule has 0 aliphatic rings. The van der Waals surface area contributed by atoms with Crippen LogP contribution in [0.4, 0.5) is 0 Å². The van der Waals surface area contributed by atoms with Gasteiger partial charge in [0.05, 0.1) is 6.10 Å². The van der Waals surface area contributed by atoms with Crippen molar-refractivity contribution < 1.29 is 15.0 Å². The Kier molecular flexibility index (Phi) is 7.63. The van der Waals surface area contributed by atoms with E-state index in [1.807, 2.05) is 0 Å². The van der Waals surface area contributed by atoms with E-state index in [4.69, 9.17) is 10.8 Å². The summed E-state index contributed by atoms with van der Waals surface area (Å²) >= 11 is 0. The van der Waals surface area contributed by atoms with Gasteiger partial charge in [-0.2, -0.15) is 0 Å². The van der Waals surface area contributed by atoms with Crippen molar-refractivity contribution in [2.24, 2.45) is 5.73 Å². The molecule has 0 atom stereocenters. The summed E-state index contributed by atoms with van der Waals surface area (Å²) in [7, 11) is 0. The number of unbranched alkanes of at least 4 members (excludes halogenated alkanes) is 1. The predicted octanol–water partition coefficient (Wildman–Crippen LogP) is 1.27. The van der Waals surface area contributed by atoms with Crippen LogP contribution in [0.15, 0.2) is 0 Å². The second-order valence-electron chi connectivity index (χ2n) is 3.06. The molecule has 0 aliphatic heterocycles. The molecule has 0 fully saturated rings. The lowest BCUT2D eigenvalue weighted by Crippen LogP contribution is -2.02. The van der Waals surface area contributed by atoms with Crippen LogP contribution >= 0.6 is 0 Å². The lowest BCUT2D eigenvalue weighted by molar-refractivity contribution is -0.137. The van der Waals surface area contributed by atoms with Crippen molar-refractivity contribution >= 4 is 5.97 Å². The van der Waals surface area contributed by atoms with E-state index in [0.717, 1.165) is 12.8 Å². The van der Waals surface area contributed by atoms with Crippen molar-refractivity contribution in [2.75, 3.05) is 6.54 Å². The van der Waals surface area contributed by atoms with E-state index in [1.54, 1.807) is 0 Å². The molecule has 77 valence electrons. The lowest BCUT2D eigenvalue weighted by Gasteiger charge is -2.07. The number of nitrogens with two attached hydrogens (primary N) is 1. The van der Waals surface area contributed by atoms with Crippen LogP contribution in [0.3, 0.4) is 0 Å². The second kappa shape index (κ2) is 8.01. The van der Waals surface area contributed by atoms with Gasteiger partial charge in [-0.3, -0.25) is 4.79 Å². The number of hydrogen-bond acceptors (Lipinski definition) is 3. The summed E-state index contributed by atoms with van der Waals surface area (Å²) < 4.78 is 0. The van der Waals surface area contributed by atoms with Crippen LogP contribution in [0.2, 0.25) is 0 Å². The molecule has 1 radical (unpaired) electrons. The third-order valence-corrected chi connectivity index (χ3v) is 1.78. The van der Waals surface area contributed by atoms with Crippen LogP contribution in [-0.2, 0) is 4.79 Å². The summed E-state index contributed by atoms with van der Waals surface area (Å²) in [5.41, 5.74) is 5.29. The van der Waals surface area contributed by atoms with Crippen molar-refractivity contribution in [3.05, 3.63) is 6.10 Å². The first-order valence-electron chi connectivity index (χ1n) is 4.62. The van der Waals surface area contributed by atoms with E-state index in [1.165, 1.54) is 0 Å². The Morgan fingerprint density at radius 2 is 1.62 bits per heavy atom. The molecule has 0 saturated heterocycles. The number of aliphatic hydroxyl groups excluding tert-OH is 1. The maximum Gasteiger partial charge on any atom is 0.303 e. The van der Waals surface area contributed by atoms with Gasteiger partial charge in [-0.05, 0) is 38.6 Å². The topological polar surface area (TPSA) is 83.5 Å². The van der Waals surface area contributed by atoms with Crippen molar-refractivity contribution in [3.63, 3.8) is 0 Å². The van der Waals surface area contributed by atoms with Crippen LogP contribution in [-0.4, -0.2) is 22.7 Å². The molecule has 0 rings (SSSR count). The van der Waals surface area contributed by atoms with Crippen LogP contribution in [0.5, 0.6) is 0 Å². The predicted molar refractivity (Wildman–Crippen MR) is 49.6 cm³/mol. The Hall–Kier alpha value is -0.610. The summed E-state index contributed by atoms with van der Waals surface area (Å²) in [6, 6.07) is 0. The minimum Gasteiger partial charge on any atom is -0.481 e. The zero-order valence-electron chi connectivity index (χ0n) is 7.83. The van der Waals surface area contributed by atoms with Gasteiger partial charge in [-0.25, -0.2) is 0 Å². The fraction of sp³-hybridized carbons (Fsp3) is 0.778. The van der Waals surface area contributed by atoms with Crippen LogP contribution in [0, 0.1) is 6.10 Å². The Morgan fingerprint density at radius 3 is 2.15 bits per heavy atom. The van der Waals surface area contributed by atoms with Gasteiger partial charge in [-0.1, -0.05) is 0 Å². The number of rotatable bonds is 8. The van der Waals surface area contributed by atoms with E-state index >= 15 is 0 Å². The molecule has 0 aromatic rings. The molecule has 0 spiro atoms. The molecular formula is C9H18NO3. The monoisotopic (exact) mass is 188 g/mol. The Labute approximate surface area is 78.7 Å². The molecule has 0 saturated carbocycles. The van der Waals surface area contributed by atoms with Crippen molar-refractivity contribution in [2.45, 2.75) is 38.5 Å². The number of aliphatic hydroxyl groups is 1. The first-order chi connectivity index (χ1) is 6.16. The smallest absolute Gasteiger partial charge is 0.303 e. The zero-order chi connectivity index (χ0) is 10.1. The SMILES string of the molecule is NCCCC[C](O)CCCC(=O)O. The number of aliphatic carboxylic acids is 1. The van der Waals surface area contributed by atoms with Gasteiger partial charge < -0.3 is 15.9 Å². The molecule has 4 nitrogen and oxygen atoms in total. The average Bonchev–Trinajstić information content (AvgIpc) is 2.04. The van der Waals surface area contributed by atoms with Crippen molar-refractivity contribution in [3.8, 4) is 0 Å². The molecule has 0 amide bonds. The van der Waals surface area contributed by atoms with E-state index in [-0.39, 0.29) is 6.42 Å². The van der Waals surface area contributed by atoms with E-state index in [2.05, 4.69) is 0 Å². The first kappa shape index (κ1) is 12.4. The number of carboxylic acids is 1. The number of hydrogen-bond donors (Lipinski definition) is 3. The Balaban J connectivity index is 3.19. The summed E-state index contributed by atoms with van der Waals surface area (Å²) in [5.74, 6) is -0.810. The Bertz CT molecular complexity index is 139. The molecule has 0 bridgehead atoms. The molecule has 0 unspecified atom stereocenters. The summed E-state index contributed by atoms with van der Waals surface area (Å²) in [4.78, 5) is 10.1. The maximum atomic E-state index is 10.1. The molecule has 0 aromatic carbocycles. The standard InChI is InChI=1S/C9H18NO3/c10-7-2-1-4-8(11)5-3-6-9(12)13/h11H,1-7,10H2,(H,12,13). The van der Waals surface area contributed by atoms with Gasteiger partial charge in [0.1, 0.15) is 0 Å².